The number of benzene rings is 1. The molecular formula is C16H18O4. The maximum atomic E-state index is 10.4. The fraction of sp³-hybridized carbons (Fsp3) is 0.500. The van der Waals surface area contributed by atoms with Gasteiger partial charge in [0.1, 0.15) is 5.60 Å². The van der Waals surface area contributed by atoms with E-state index >= 15 is 0 Å². The largest absolute Gasteiger partial charge is 0.374 e. The minimum absolute atomic E-state index is 0.0919. The molecular weight excluding hydrogens is 256 g/mol. The van der Waals surface area contributed by atoms with Crippen molar-refractivity contribution in [3.8, 4) is 11.8 Å². The second-order valence-corrected chi connectivity index (χ2v) is 5.92. The zero-order valence-corrected chi connectivity index (χ0v) is 11.7. The summed E-state index contributed by atoms with van der Waals surface area (Å²) in [5.41, 5.74) is -0.643. The van der Waals surface area contributed by atoms with Crippen molar-refractivity contribution in [1.29, 1.82) is 0 Å². The molecule has 0 saturated carbocycles. The van der Waals surface area contributed by atoms with Crippen LogP contribution in [0.25, 0.3) is 0 Å². The Bertz CT molecular complexity index is 528. The molecule has 4 nitrogen and oxygen atoms in total. The predicted octanol–water partition coefficient (Wildman–Crippen LogP) is 1.63. The van der Waals surface area contributed by atoms with Crippen LogP contribution in [0.3, 0.4) is 0 Å². The highest BCUT2D eigenvalue weighted by Crippen LogP contribution is 2.37. The Morgan fingerprint density at radius 3 is 2.20 bits per heavy atom. The third-order valence-electron chi connectivity index (χ3n) is 3.63. The van der Waals surface area contributed by atoms with Crippen molar-refractivity contribution in [3.05, 3.63) is 35.9 Å². The van der Waals surface area contributed by atoms with Crippen molar-refractivity contribution in [3.63, 3.8) is 0 Å². The number of ether oxygens (including phenoxy) is 3. The van der Waals surface area contributed by atoms with Crippen LogP contribution in [0.2, 0.25) is 0 Å². The highest BCUT2D eigenvalue weighted by Gasteiger charge is 2.50. The van der Waals surface area contributed by atoms with Gasteiger partial charge in [-0.2, -0.15) is 0 Å². The molecule has 1 aromatic carbocycles. The van der Waals surface area contributed by atoms with Crippen molar-refractivity contribution < 1.29 is 19.3 Å². The first kappa shape index (κ1) is 13.6. The Morgan fingerprint density at radius 2 is 1.65 bits per heavy atom. The van der Waals surface area contributed by atoms with Gasteiger partial charge in [-0.15, -0.1) is 0 Å². The van der Waals surface area contributed by atoms with Crippen molar-refractivity contribution in [2.75, 3.05) is 19.8 Å². The van der Waals surface area contributed by atoms with E-state index in [-0.39, 0.29) is 5.41 Å². The maximum Gasteiger partial charge on any atom is 0.353 e. The van der Waals surface area contributed by atoms with E-state index in [4.69, 9.17) is 14.2 Å². The average molecular weight is 274 g/mol. The Balaban J connectivity index is 1.82. The van der Waals surface area contributed by atoms with Gasteiger partial charge in [0, 0.05) is 5.41 Å². The minimum atomic E-state index is -1.32. The molecule has 20 heavy (non-hydrogen) atoms. The number of hydrogen-bond donors (Lipinski definition) is 1. The summed E-state index contributed by atoms with van der Waals surface area (Å²) < 4.78 is 16.7. The van der Waals surface area contributed by atoms with Crippen LogP contribution in [0.4, 0.5) is 0 Å². The van der Waals surface area contributed by atoms with Gasteiger partial charge in [-0.1, -0.05) is 43.2 Å². The van der Waals surface area contributed by atoms with Crippen LogP contribution in [0.5, 0.6) is 0 Å². The van der Waals surface area contributed by atoms with Crippen LogP contribution >= 0.6 is 0 Å². The lowest BCUT2D eigenvalue weighted by Crippen LogP contribution is -2.58. The standard InChI is InChI=1S/C16H18O4/c1-14-10-18-16(19-11-14,20-12-14)9-8-15(2,17)13-6-4-3-5-7-13/h3-7,17H,10-12H2,1-2H3. The first-order chi connectivity index (χ1) is 9.43. The van der Waals surface area contributed by atoms with Crippen LogP contribution in [0.1, 0.15) is 19.4 Å². The molecule has 3 aliphatic heterocycles. The quantitative estimate of drug-likeness (QED) is 0.791. The lowest BCUT2D eigenvalue weighted by atomic mass is 9.91. The highest BCUT2D eigenvalue weighted by molar-refractivity contribution is 5.31. The van der Waals surface area contributed by atoms with E-state index < -0.39 is 11.6 Å². The first-order valence-corrected chi connectivity index (χ1v) is 6.67. The predicted molar refractivity (Wildman–Crippen MR) is 72.5 cm³/mol. The second kappa shape index (κ2) is 4.57. The third kappa shape index (κ3) is 2.46. The Morgan fingerprint density at radius 1 is 1.10 bits per heavy atom. The van der Waals surface area contributed by atoms with E-state index in [1.165, 1.54) is 0 Å². The minimum Gasteiger partial charge on any atom is -0.374 e. The zero-order chi connectivity index (χ0) is 14.3. The van der Waals surface area contributed by atoms with Gasteiger partial charge in [-0.25, -0.2) is 0 Å². The molecule has 2 bridgehead atoms. The third-order valence-corrected chi connectivity index (χ3v) is 3.63. The van der Waals surface area contributed by atoms with Crippen molar-refractivity contribution in [1.82, 2.24) is 0 Å². The van der Waals surface area contributed by atoms with E-state index in [9.17, 15) is 5.11 Å². The van der Waals surface area contributed by atoms with Crippen molar-refractivity contribution >= 4 is 0 Å². The molecule has 0 aliphatic carbocycles. The Labute approximate surface area is 118 Å². The van der Waals surface area contributed by atoms with Crippen molar-refractivity contribution in [2.24, 2.45) is 5.41 Å². The van der Waals surface area contributed by atoms with E-state index in [0.29, 0.717) is 19.8 Å². The molecule has 0 amide bonds. The van der Waals surface area contributed by atoms with Gasteiger partial charge in [-0.3, -0.25) is 0 Å². The summed E-state index contributed by atoms with van der Waals surface area (Å²) in [5, 5.41) is 10.4. The van der Waals surface area contributed by atoms with Gasteiger partial charge < -0.3 is 19.3 Å². The summed E-state index contributed by atoms with van der Waals surface area (Å²) in [6.07, 6.45) is 0. The monoisotopic (exact) mass is 274 g/mol. The molecule has 0 spiro atoms. The molecule has 4 rings (SSSR count). The molecule has 3 aliphatic rings. The first-order valence-electron chi connectivity index (χ1n) is 6.67. The van der Waals surface area contributed by atoms with Crippen LogP contribution in [-0.2, 0) is 19.8 Å². The van der Waals surface area contributed by atoms with Crippen LogP contribution in [0, 0.1) is 17.3 Å². The summed E-state index contributed by atoms with van der Waals surface area (Å²) in [5.74, 6) is 4.29. The average Bonchev–Trinajstić information content (AvgIpc) is 2.48. The van der Waals surface area contributed by atoms with Crippen LogP contribution in [0.15, 0.2) is 30.3 Å². The molecule has 1 unspecified atom stereocenters. The van der Waals surface area contributed by atoms with Crippen molar-refractivity contribution in [2.45, 2.75) is 25.4 Å². The molecule has 1 N–H and O–H groups in total. The van der Waals surface area contributed by atoms with Gasteiger partial charge >= 0.3 is 5.97 Å². The lowest BCUT2D eigenvalue weighted by molar-refractivity contribution is -0.436. The SMILES string of the molecule is CC12COC(C#CC(C)(O)c3ccccc3)(OC1)OC2. The summed E-state index contributed by atoms with van der Waals surface area (Å²) in [7, 11) is 0. The van der Waals surface area contributed by atoms with E-state index in [2.05, 4.69) is 11.8 Å². The number of hydrogen-bond acceptors (Lipinski definition) is 4. The molecule has 0 radical (unpaired) electrons. The van der Waals surface area contributed by atoms with E-state index in [1.807, 2.05) is 37.3 Å². The second-order valence-electron chi connectivity index (χ2n) is 5.92. The summed E-state index contributed by atoms with van der Waals surface area (Å²) in [6, 6.07) is 9.27. The fourth-order valence-electron chi connectivity index (χ4n) is 2.20. The molecule has 0 aromatic heterocycles. The molecule has 3 saturated heterocycles. The summed E-state index contributed by atoms with van der Waals surface area (Å²) in [4.78, 5) is 0. The normalized spacial score (nSPS) is 35.0. The van der Waals surface area contributed by atoms with Gasteiger partial charge in [0.15, 0.2) is 0 Å². The lowest BCUT2D eigenvalue weighted by Gasteiger charge is -2.47. The highest BCUT2D eigenvalue weighted by atomic mass is 16.9. The molecule has 106 valence electrons. The van der Waals surface area contributed by atoms with Crippen LogP contribution in [-0.4, -0.2) is 30.9 Å². The fourth-order valence-corrected chi connectivity index (χ4v) is 2.20. The number of rotatable bonds is 1. The zero-order valence-electron chi connectivity index (χ0n) is 11.7. The van der Waals surface area contributed by atoms with Crippen LogP contribution < -0.4 is 0 Å². The van der Waals surface area contributed by atoms with E-state index in [0.717, 1.165) is 5.56 Å². The number of fused-ring (bicyclic) bond motifs is 3. The van der Waals surface area contributed by atoms with Gasteiger partial charge in [-0.05, 0) is 18.4 Å². The van der Waals surface area contributed by atoms with E-state index in [1.54, 1.807) is 6.92 Å². The Kier molecular flexibility index (Phi) is 3.11. The molecule has 1 atom stereocenters. The Hall–Kier alpha value is -1.38. The van der Waals surface area contributed by atoms with Gasteiger partial charge in [0.25, 0.3) is 0 Å². The van der Waals surface area contributed by atoms with Gasteiger partial charge in [0.2, 0.25) is 0 Å². The molecule has 1 aromatic rings. The topological polar surface area (TPSA) is 47.9 Å². The smallest absolute Gasteiger partial charge is 0.353 e. The summed E-state index contributed by atoms with van der Waals surface area (Å²) in [6.45, 7) is 5.34. The maximum absolute atomic E-state index is 10.4. The van der Waals surface area contributed by atoms with Gasteiger partial charge in [0.05, 0.1) is 19.8 Å². The molecule has 3 fully saturated rings. The molecule has 3 heterocycles. The molecule has 4 heteroatoms. The number of aliphatic hydroxyl groups is 1. The summed E-state index contributed by atoms with van der Waals surface area (Å²) >= 11 is 0.